The number of aromatic nitrogens is 2. The molecule has 5 heteroatoms. The SMILES string of the molecule is C=C(C)CNC(N)=NCc1ccnn1C. The normalized spacial score (nSPS) is 11.5. The zero-order valence-electron chi connectivity index (χ0n) is 9.20. The summed E-state index contributed by atoms with van der Waals surface area (Å²) in [6.45, 7) is 6.88. The molecule has 0 saturated heterocycles. The first-order valence-electron chi connectivity index (χ1n) is 4.74. The summed E-state index contributed by atoms with van der Waals surface area (Å²) in [5, 5.41) is 7.00. The zero-order valence-corrected chi connectivity index (χ0v) is 9.20. The van der Waals surface area contributed by atoms with E-state index in [4.69, 9.17) is 5.73 Å². The Kier molecular flexibility index (Phi) is 3.91. The fraction of sp³-hybridized carbons (Fsp3) is 0.400. The first-order chi connectivity index (χ1) is 7.09. The lowest BCUT2D eigenvalue weighted by molar-refractivity contribution is 0.711. The summed E-state index contributed by atoms with van der Waals surface area (Å²) in [5.41, 5.74) is 7.70. The maximum atomic E-state index is 5.66. The van der Waals surface area contributed by atoms with Gasteiger partial charge in [-0.2, -0.15) is 5.10 Å². The van der Waals surface area contributed by atoms with Gasteiger partial charge >= 0.3 is 0 Å². The van der Waals surface area contributed by atoms with Crippen molar-refractivity contribution in [1.82, 2.24) is 15.1 Å². The number of nitrogens with two attached hydrogens (primary N) is 1. The van der Waals surface area contributed by atoms with Gasteiger partial charge in [-0.15, -0.1) is 0 Å². The number of nitrogens with one attached hydrogen (secondary N) is 1. The number of nitrogens with zero attached hydrogens (tertiary/aromatic N) is 3. The molecular weight excluding hydrogens is 190 g/mol. The van der Waals surface area contributed by atoms with Crippen LogP contribution in [0.1, 0.15) is 12.6 Å². The van der Waals surface area contributed by atoms with E-state index < -0.39 is 0 Å². The number of guanidine groups is 1. The minimum atomic E-state index is 0.430. The van der Waals surface area contributed by atoms with E-state index in [1.54, 1.807) is 10.9 Å². The summed E-state index contributed by atoms with van der Waals surface area (Å²) in [6, 6.07) is 1.91. The highest BCUT2D eigenvalue weighted by molar-refractivity contribution is 5.77. The van der Waals surface area contributed by atoms with Crippen LogP contribution in [0.3, 0.4) is 0 Å². The van der Waals surface area contributed by atoms with Crippen molar-refractivity contribution >= 4 is 5.96 Å². The van der Waals surface area contributed by atoms with Crippen LogP contribution in [0.2, 0.25) is 0 Å². The third-order valence-electron chi connectivity index (χ3n) is 1.91. The van der Waals surface area contributed by atoms with Gasteiger partial charge in [0.05, 0.1) is 12.2 Å². The monoisotopic (exact) mass is 207 g/mol. The lowest BCUT2D eigenvalue weighted by atomic mass is 10.3. The molecule has 0 aliphatic heterocycles. The van der Waals surface area contributed by atoms with E-state index in [2.05, 4.69) is 22.0 Å². The average Bonchev–Trinajstić information content (AvgIpc) is 2.58. The molecule has 0 amide bonds. The molecule has 0 unspecified atom stereocenters. The summed E-state index contributed by atoms with van der Waals surface area (Å²) in [4.78, 5) is 4.18. The molecule has 15 heavy (non-hydrogen) atoms. The highest BCUT2D eigenvalue weighted by atomic mass is 15.3. The van der Waals surface area contributed by atoms with E-state index in [1.807, 2.05) is 20.0 Å². The predicted molar refractivity (Wildman–Crippen MR) is 61.4 cm³/mol. The average molecular weight is 207 g/mol. The second-order valence-corrected chi connectivity index (χ2v) is 3.46. The van der Waals surface area contributed by atoms with Crippen molar-refractivity contribution in [3.05, 3.63) is 30.1 Å². The molecule has 0 saturated carbocycles. The summed E-state index contributed by atoms with van der Waals surface area (Å²) >= 11 is 0. The predicted octanol–water partition coefficient (Wildman–Crippen LogP) is 0.400. The largest absolute Gasteiger partial charge is 0.370 e. The van der Waals surface area contributed by atoms with Crippen molar-refractivity contribution < 1.29 is 0 Å². The molecule has 0 spiro atoms. The number of hydrogen-bond acceptors (Lipinski definition) is 2. The molecule has 0 fully saturated rings. The van der Waals surface area contributed by atoms with Crippen molar-refractivity contribution in [1.29, 1.82) is 0 Å². The summed E-state index contributed by atoms with van der Waals surface area (Å²) in [7, 11) is 1.88. The van der Waals surface area contributed by atoms with Crippen molar-refractivity contribution in [3.8, 4) is 0 Å². The number of aliphatic imine (C=N–C) groups is 1. The third kappa shape index (κ3) is 3.84. The van der Waals surface area contributed by atoms with Gasteiger partial charge < -0.3 is 11.1 Å². The molecular formula is C10H17N5. The van der Waals surface area contributed by atoms with Crippen LogP contribution in [-0.4, -0.2) is 22.3 Å². The molecule has 0 atom stereocenters. The topological polar surface area (TPSA) is 68.2 Å². The van der Waals surface area contributed by atoms with Gasteiger partial charge in [0, 0.05) is 19.8 Å². The van der Waals surface area contributed by atoms with Crippen LogP contribution in [0, 0.1) is 0 Å². The Bertz CT molecular complexity index is 364. The quantitative estimate of drug-likeness (QED) is 0.426. The molecule has 82 valence electrons. The van der Waals surface area contributed by atoms with E-state index in [-0.39, 0.29) is 0 Å². The lowest BCUT2D eigenvalue weighted by Gasteiger charge is -2.04. The minimum absolute atomic E-state index is 0.430. The maximum absolute atomic E-state index is 5.66. The molecule has 0 aromatic carbocycles. The van der Waals surface area contributed by atoms with Gasteiger partial charge in [0.1, 0.15) is 0 Å². The van der Waals surface area contributed by atoms with Crippen LogP contribution in [0.5, 0.6) is 0 Å². The Labute approximate surface area is 89.7 Å². The summed E-state index contributed by atoms with van der Waals surface area (Å²) in [5.74, 6) is 0.430. The Morgan fingerprint density at radius 3 is 3.00 bits per heavy atom. The van der Waals surface area contributed by atoms with Crippen molar-refractivity contribution in [2.24, 2.45) is 17.8 Å². The van der Waals surface area contributed by atoms with E-state index in [0.717, 1.165) is 11.3 Å². The molecule has 0 aliphatic rings. The number of hydrogen-bond donors (Lipinski definition) is 2. The van der Waals surface area contributed by atoms with Crippen LogP contribution < -0.4 is 11.1 Å². The van der Waals surface area contributed by atoms with Crippen LogP contribution in [0.4, 0.5) is 0 Å². The van der Waals surface area contributed by atoms with Crippen molar-refractivity contribution in [3.63, 3.8) is 0 Å². The van der Waals surface area contributed by atoms with Gasteiger partial charge in [0.2, 0.25) is 0 Å². The Morgan fingerprint density at radius 2 is 2.47 bits per heavy atom. The molecule has 0 radical (unpaired) electrons. The van der Waals surface area contributed by atoms with Gasteiger partial charge in [-0.25, -0.2) is 4.99 Å². The molecule has 0 aliphatic carbocycles. The fourth-order valence-electron chi connectivity index (χ4n) is 1.02. The smallest absolute Gasteiger partial charge is 0.189 e. The van der Waals surface area contributed by atoms with E-state index in [1.165, 1.54) is 0 Å². The Hall–Kier alpha value is -1.78. The van der Waals surface area contributed by atoms with Gasteiger partial charge in [-0.3, -0.25) is 4.68 Å². The zero-order chi connectivity index (χ0) is 11.3. The summed E-state index contributed by atoms with van der Waals surface area (Å²) < 4.78 is 1.77. The first-order valence-corrected chi connectivity index (χ1v) is 4.74. The van der Waals surface area contributed by atoms with Crippen LogP contribution in [0.15, 0.2) is 29.4 Å². The van der Waals surface area contributed by atoms with E-state index in [0.29, 0.717) is 19.0 Å². The highest BCUT2D eigenvalue weighted by Crippen LogP contribution is 1.97. The Morgan fingerprint density at radius 1 is 1.73 bits per heavy atom. The van der Waals surface area contributed by atoms with Crippen LogP contribution in [0.25, 0.3) is 0 Å². The van der Waals surface area contributed by atoms with Crippen molar-refractivity contribution in [2.45, 2.75) is 13.5 Å². The molecule has 1 aromatic heterocycles. The number of aryl methyl sites for hydroxylation is 1. The van der Waals surface area contributed by atoms with Gasteiger partial charge in [-0.1, -0.05) is 12.2 Å². The first kappa shape index (κ1) is 11.3. The lowest BCUT2D eigenvalue weighted by Crippen LogP contribution is -2.32. The molecule has 3 N–H and O–H groups in total. The fourth-order valence-corrected chi connectivity index (χ4v) is 1.02. The molecule has 5 nitrogen and oxygen atoms in total. The third-order valence-corrected chi connectivity index (χ3v) is 1.91. The van der Waals surface area contributed by atoms with Gasteiger partial charge in [0.15, 0.2) is 5.96 Å². The van der Waals surface area contributed by atoms with Crippen LogP contribution >= 0.6 is 0 Å². The molecule has 1 heterocycles. The standard InChI is InChI=1S/C10H17N5/c1-8(2)6-12-10(11)13-7-9-4-5-14-15(9)3/h4-5H,1,6-7H2,2-3H3,(H3,11,12,13). The van der Waals surface area contributed by atoms with Gasteiger partial charge in [0.25, 0.3) is 0 Å². The van der Waals surface area contributed by atoms with E-state index >= 15 is 0 Å². The Balaban J connectivity index is 2.44. The molecule has 1 rings (SSSR count). The van der Waals surface area contributed by atoms with Crippen molar-refractivity contribution in [2.75, 3.05) is 6.54 Å². The maximum Gasteiger partial charge on any atom is 0.189 e. The van der Waals surface area contributed by atoms with E-state index in [9.17, 15) is 0 Å². The second kappa shape index (κ2) is 5.19. The number of rotatable bonds is 4. The second-order valence-electron chi connectivity index (χ2n) is 3.46. The molecule has 1 aromatic rings. The van der Waals surface area contributed by atoms with Crippen LogP contribution in [-0.2, 0) is 13.6 Å². The molecule has 0 bridgehead atoms. The van der Waals surface area contributed by atoms with Gasteiger partial charge in [-0.05, 0) is 13.0 Å². The minimum Gasteiger partial charge on any atom is -0.370 e. The summed E-state index contributed by atoms with van der Waals surface area (Å²) in [6.07, 6.45) is 1.74. The highest BCUT2D eigenvalue weighted by Gasteiger charge is 1.97.